The number of aldehydes is 1. The number of benzene rings is 2. The molecule has 28 heavy (non-hydrogen) atoms. The molecular weight excluding hydrogens is 374 g/mol. The lowest BCUT2D eigenvalue weighted by Crippen LogP contribution is -2.25. The van der Waals surface area contributed by atoms with Crippen molar-refractivity contribution in [2.75, 3.05) is 26.0 Å². The maximum atomic E-state index is 12.6. The number of hydroxylamine groups is 2. The molecule has 1 heterocycles. The van der Waals surface area contributed by atoms with E-state index in [9.17, 15) is 9.59 Å². The predicted molar refractivity (Wildman–Crippen MR) is 111 cm³/mol. The molecule has 146 valence electrons. The number of hydrogen-bond donors (Lipinski definition) is 2. The first-order chi connectivity index (χ1) is 13.6. The summed E-state index contributed by atoms with van der Waals surface area (Å²) in [5.74, 6) is -0.107. The predicted octanol–water partition coefficient (Wildman–Crippen LogP) is 3.84. The molecule has 3 rings (SSSR count). The van der Waals surface area contributed by atoms with E-state index in [1.807, 2.05) is 50.5 Å². The molecule has 1 aliphatic heterocycles. The Kier molecular flexibility index (Phi) is 6.38. The molecule has 2 aromatic carbocycles. The average Bonchev–Trinajstić information content (AvgIpc) is 3.47. The number of carbonyl (C=O) groups excluding carboxylic acids is 2. The first-order valence-electron chi connectivity index (χ1n) is 8.94. The minimum atomic E-state index is -0.107. The van der Waals surface area contributed by atoms with Crippen LogP contribution in [0.4, 0.5) is 5.69 Å². The minimum absolute atomic E-state index is 0.107. The molecule has 0 aromatic heterocycles. The highest BCUT2D eigenvalue weighted by molar-refractivity contribution is 7.99. The van der Waals surface area contributed by atoms with Crippen molar-refractivity contribution in [3.63, 3.8) is 0 Å². The van der Waals surface area contributed by atoms with E-state index < -0.39 is 0 Å². The largest absolute Gasteiger partial charge is 0.387 e. The molecule has 0 radical (unpaired) electrons. The molecule has 0 aliphatic carbocycles. The highest BCUT2D eigenvalue weighted by Crippen LogP contribution is 2.37. The Labute approximate surface area is 168 Å². The van der Waals surface area contributed by atoms with Gasteiger partial charge in [-0.15, -0.1) is 0 Å². The minimum Gasteiger partial charge on any atom is -0.387 e. The Morgan fingerprint density at radius 2 is 2.00 bits per heavy atom. The number of anilines is 1. The fraction of sp³-hybridized carbons (Fsp3) is 0.238. The van der Waals surface area contributed by atoms with Crippen LogP contribution in [0.25, 0.3) is 0 Å². The third kappa shape index (κ3) is 4.37. The first-order valence-corrected chi connectivity index (χ1v) is 9.76. The van der Waals surface area contributed by atoms with E-state index in [-0.39, 0.29) is 5.91 Å². The quantitative estimate of drug-likeness (QED) is 0.627. The van der Waals surface area contributed by atoms with E-state index in [1.165, 1.54) is 11.8 Å². The van der Waals surface area contributed by atoms with Crippen LogP contribution in [0.15, 0.2) is 58.1 Å². The Bertz CT molecular complexity index is 927. The van der Waals surface area contributed by atoms with Gasteiger partial charge in [0.05, 0.1) is 24.7 Å². The van der Waals surface area contributed by atoms with Crippen LogP contribution in [-0.2, 0) is 4.84 Å². The molecule has 0 fully saturated rings. The van der Waals surface area contributed by atoms with Crippen LogP contribution in [0, 0.1) is 6.92 Å². The van der Waals surface area contributed by atoms with E-state index >= 15 is 0 Å². The normalized spacial score (nSPS) is 12.4. The standard InChI is InChI=1S/C21H23N3O3S/c1-14-17(21(26)23-11-10-16-12-24(16)27-3)8-9-19(20(14)22-2)28-18-7-5-4-6-15(18)13-25/h4-9,12-13,22H,10-11H2,1-3H3,(H,23,26). The molecule has 0 saturated carbocycles. The van der Waals surface area contributed by atoms with Crippen LogP contribution >= 0.6 is 11.8 Å². The van der Waals surface area contributed by atoms with Crippen molar-refractivity contribution in [2.24, 2.45) is 0 Å². The number of nitrogens with one attached hydrogen (secondary N) is 2. The maximum Gasteiger partial charge on any atom is 0.251 e. The summed E-state index contributed by atoms with van der Waals surface area (Å²) in [6.45, 7) is 2.47. The molecule has 0 unspecified atom stereocenters. The average molecular weight is 398 g/mol. The van der Waals surface area contributed by atoms with Gasteiger partial charge in [0.25, 0.3) is 5.91 Å². The number of nitrogens with zero attached hydrogens (tertiary/aromatic N) is 1. The monoisotopic (exact) mass is 397 g/mol. The van der Waals surface area contributed by atoms with Crippen molar-refractivity contribution < 1.29 is 14.4 Å². The molecule has 1 amide bonds. The molecule has 1 aliphatic rings. The van der Waals surface area contributed by atoms with Crippen molar-refractivity contribution in [2.45, 2.75) is 23.1 Å². The van der Waals surface area contributed by atoms with Gasteiger partial charge in [-0.25, -0.2) is 5.06 Å². The van der Waals surface area contributed by atoms with Gasteiger partial charge in [0.15, 0.2) is 6.29 Å². The van der Waals surface area contributed by atoms with E-state index in [0.29, 0.717) is 17.7 Å². The highest BCUT2D eigenvalue weighted by Gasteiger charge is 2.21. The number of rotatable bonds is 9. The van der Waals surface area contributed by atoms with Crippen molar-refractivity contribution in [1.82, 2.24) is 10.4 Å². The lowest BCUT2D eigenvalue weighted by Gasteiger charge is -2.16. The fourth-order valence-corrected chi connectivity index (χ4v) is 4.08. The first kappa shape index (κ1) is 20.0. The summed E-state index contributed by atoms with van der Waals surface area (Å²) in [7, 11) is 3.44. The molecule has 0 saturated heterocycles. The number of carbonyl (C=O) groups is 2. The van der Waals surface area contributed by atoms with Crippen molar-refractivity contribution in [3.8, 4) is 0 Å². The molecule has 0 bridgehead atoms. The Balaban J connectivity index is 1.73. The van der Waals surface area contributed by atoms with Crippen LogP contribution in [-0.4, -0.2) is 38.0 Å². The Hall–Kier alpha value is -2.77. The third-order valence-electron chi connectivity index (χ3n) is 4.53. The second-order valence-electron chi connectivity index (χ2n) is 6.25. The van der Waals surface area contributed by atoms with Gasteiger partial charge < -0.3 is 10.6 Å². The van der Waals surface area contributed by atoms with Crippen LogP contribution in [0.1, 0.15) is 32.7 Å². The fourth-order valence-electron chi connectivity index (χ4n) is 2.97. The molecule has 6 nitrogen and oxygen atoms in total. The van der Waals surface area contributed by atoms with E-state index in [4.69, 9.17) is 4.84 Å². The summed E-state index contributed by atoms with van der Waals surface area (Å²) in [6.07, 6.45) is 3.48. The Morgan fingerprint density at radius 1 is 1.21 bits per heavy atom. The van der Waals surface area contributed by atoms with Gasteiger partial charge in [-0.2, -0.15) is 0 Å². The summed E-state index contributed by atoms with van der Waals surface area (Å²) < 4.78 is 0. The van der Waals surface area contributed by atoms with Crippen molar-refractivity contribution >= 4 is 29.6 Å². The van der Waals surface area contributed by atoms with Crippen molar-refractivity contribution in [3.05, 3.63) is 65.0 Å². The van der Waals surface area contributed by atoms with Crippen LogP contribution in [0.3, 0.4) is 0 Å². The second-order valence-corrected chi connectivity index (χ2v) is 7.34. The van der Waals surface area contributed by atoms with Gasteiger partial charge in [-0.1, -0.05) is 30.0 Å². The summed E-state index contributed by atoms with van der Waals surface area (Å²) in [5.41, 5.74) is 4.10. The van der Waals surface area contributed by atoms with Crippen LogP contribution in [0.2, 0.25) is 0 Å². The molecular formula is C21H23N3O3S. The van der Waals surface area contributed by atoms with E-state index in [2.05, 4.69) is 10.6 Å². The summed E-state index contributed by atoms with van der Waals surface area (Å²) >= 11 is 1.51. The van der Waals surface area contributed by atoms with Crippen LogP contribution < -0.4 is 10.6 Å². The summed E-state index contributed by atoms with van der Waals surface area (Å²) in [4.78, 5) is 30.8. The van der Waals surface area contributed by atoms with Gasteiger partial charge in [-0.05, 0) is 30.7 Å². The molecule has 0 atom stereocenters. The lowest BCUT2D eigenvalue weighted by molar-refractivity contribution is -0.0155. The summed E-state index contributed by atoms with van der Waals surface area (Å²) in [5, 5.41) is 7.82. The second kappa shape index (κ2) is 8.95. The molecule has 2 aromatic rings. The number of amides is 1. The van der Waals surface area contributed by atoms with E-state index in [1.54, 1.807) is 18.2 Å². The summed E-state index contributed by atoms with van der Waals surface area (Å²) in [6, 6.07) is 11.2. The SMILES string of the molecule is CNc1c(Sc2ccccc2C=O)ccc(C(=O)NCCC2=CN2OC)c1C. The number of hydrogen-bond acceptors (Lipinski definition) is 6. The van der Waals surface area contributed by atoms with Gasteiger partial charge >= 0.3 is 0 Å². The smallest absolute Gasteiger partial charge is 0.251 e. The topological polar surface area (TPSA) is 70.4 Å². The maximum absolute atomic E-state index is 12.6. The highest BCUT2D eigenvalue weighted by atomic mass is 32.2. The van der Waals surface area contributed by atoms with Gasteiger partial charge in [0.2, 0.25) is 0 Å². The lowest BCUT2D eigenvalue weighted by atomic mass is 10.1. The zero-order valence-corrected chi connectivity index (χ0v) is 16.9. The van der Waals surface area contributed by atoms with Crippen molar-refractivity contribution in [1.29, 1.82) is 0 Å². The van der Waals surface area contributed by atoms with Gasteiger partial charge in [-0.3, -0.25) is 14.4 Å². The molecule has 2 N–H and O–H groups in total. The Morgan fingerprint density at radius 3 is 2.68 bits per heavy atom. The van der Waals surface area contributed by atoms with E-state index in [0.717, 1.165) is 39.4 Å². The zero-order chi connectivity index (χ0) is 20.1. The molecule has 0 spiro atoms. The third-order valence-corrected chi connectivity index (χ3v) is 5.68. The zero-order valence-electron chi connectivity index (χ0n) is 16.1. The van der Waals surface area contributed by atoms with Gasteiger partial charge in [0, 0.05) is 40.9 Å². The van der Waals surface area contributed by atoms with Gasteiger partial charge in [0.1, 0.15) is 0 Å². The molecule has 7 heteroatoms. The van der Waals surface area contributed by atoms with Crippen LogP contribution in [0.5, 0.6) is 0 Å².